The molecule has 1 aromatic rings. The van der Waals surface area contributed by atoms with Crippen LogP contribution >= 0.6 is 0 Å². The van der Waals surface area contributed by atoms with Gasteiger partial charge in [-0.25, -0.2) is 0 Å². The van der Waals surface area contributed by atoms with Gasteiger partial charge >= 0.3 is 0 Å². The van der Waals surface area contributed by atoms with E-state index in [1.54, 1.807) is 7.11 Å². The highest BCUT2D eigenvalue weighted by molar-refractivity contribution is 5.99. The van der Waals surface area contributed by atoms with Gasteiger partial charge in [0.1, 0.15) is 5.75 Å². The molecule has 126 valence electrons. The second kappa shape index (κ2) is 8.11. The van der Waals surface area contributed by atoms with Crippen LogP contribution in [0, 0.1) is 13.8 Å². The molecule has 0 spiro atoms. The molecular formula is C18H25NO4. The summed E-state index contributed by atoms with van der Waals surface area (Å²) in [4.78, 5) is 24.3. The van der Waals surface area contributed by atoms with Gasteiger partial charge in [0.25, 0.3) is 0 Å². The fourth-order valence-corrected chi connectivity index (χ4v) is 2.83. The van der Waals surface area contributed by atoms with Crippen LogP contribution in [0.1, 0.15) is 47.2 Å². The first-order chi connectivity index (χ1) is 11.0. The van der Waals surface area contributed by atoms with Crippen molar-refractivity contribution in [2.45, 2.75) is 45.6 Å². The van der Waals surface area contributed by atoms with Crippen LogP contribution in [-0.4, -0.2) is 38.1 Å². The molecule has 1 fully saturated rings. The number of nitrogens with one attached hydrogen (secondary N) is 1. The summed E-state index contributed by atoms with van der Waals surface area (Å²) in [5.74, 6) is 0.675. The van der Waals surface area contributed by atoms with Crippen LogP contribution in [-0.2, 0) is 9.53 Å². The zero-order chi connectivity index (χ0) is 16.8. The normalized spacial score (nSPS) is 17.6. The average molecular weight is 319 g/mol. The lowest BCUT2D eigenvalue weighted by Crippen LogP contribution is -2.40. The second-order valence-electron chi connectivity index (χ2n) is 6.04. The Morgan fingerprint density at radius 1 is 1.26 bits per heavy atom. The number of carbonyl (C=O) groups is 2. The molecule has 2 rings (SSSR count). The van der Waals surface area contributed by atoms with Gasteiger partial charge in [-0.2, -0.15) is 0 Å². The van der Waals surface area contributed by atoms with Gasteiger partial charge in [0.05, 0.1) is 19.8 Å². The molecule has 23 heavy (non-hydrogen) atoms. The molecule has 1 heterocycles. The molecule has 1 N–H and O–H groups in total. The van der Waals surface area contributed by atoms with Gasteiger partial charge in [-0.1, -0.05) is 0 Å². The number of ketones is 1. The van der Waals surface area contributed by atoms with E-state index in [-0.39, 0.29) is 30.6 Å². The quantitative estimate of drug-likeness (QED) is 0.819. The summed E-state index contributed by atoms with van der Waals surface area (Å²) in [5, 5.41) is 2.93. The van der Waals surface area contributed by atoms with Crippen LogP contribution in [0.5, 0.6) is 5.75 Å². The van der Waals surface area contributed by atoms with Gasteiger partial charge < -0.3 is 14.8 Å². The number of carbonyl (C=O) groups excluding carboxylic acids is 2. The van der Waals surface area contributed by atoms with Gasteiger partial charge in [0, 0.05) is 25.0 Å². The molecule has 0 radical (unpaired) electrons. The molecule has 0 aromatic heterocycles. The Morgan fingerprint density at radius 2 is 2.04 bits per heavy atom. The summed E-state index contributed by atoms with van der Waals surface area (Å²) in [6.45, 7) is 5.12. The highest BCUT2D eigenvalue weighted by Crippen LogP contribution is 2.23. The second-order valence-corrected chi connectivity index (χ2v) is 6.04. The lowest BCUT2D eigenvalue weighted by Gasteiger charge is -2.23. The lowest BCUT2D eigenvalue weighted by atomic mass is 9.98. The number of methoxy groups -OCH3 is 1. The van der Waals surface area contributed by atoms with Crippen molar-refractivity contribution in [1.82, 2.24) is 5.32 Å². The van der Waals surface area contributed by atoms with Crippen LogP contribution in [0.4, 0.5) is 0 Å². The molecule has 0 bridgehead atoms. The Morgan fingerprint density at radius 3 is 2.70 bits per heavy atom. The van der Waals surface area contributed by atoms with Gasteiger partial charge in [-0.3, -0.25) is 9.59 Å². The molecule has 5 nitrogen and oxygen atoms in total. The largest absolute Gasteiger partial charge is 0.496 e. The first kappa shape index (κ1) is 17.5. The molecule has 1 saturated heterocycles. The average Bonchev–Trinajstić information content (AvgIpc) is 2.55. The summed E-state index contributed by atoms with van der Waals surface area (Å²) in [6.07, 6.45) is 2.33. The van der Waals surface area contributed by atoms with Crippen LogP contribution in [0.3, 0.4) is 0 Å². The lowest BCUT2D eigenvalue weighted by molar-refractivity contribution is -0.122. The van der Waals surface area contributed by atoms with E-state index in [1.807, 2.05) is 26.0 Å². The van der Waals surface area contributed by atoms with Crippen LogP contribution in [0.15, 0.2) is 12.1 Å². The van der Waals surface area contributed by atoms with E-state index in [2.05, 4.69) is 5.32 Å². The predicted octanol–water partition coefficient (Wildman–Crippen LogP) is 2.57. The van der Waals surface area contributed by atoms with E-state index >= 15 is 0 Å². The molecule has 0 unspecified atom stereocenters. The zero-order valence-corrected chi connectivity index (χ0v) is 14.1. The van der Waals surface area contributed by atoms with E-state index in [0.717, 1.165) is 36.3 Å². The molecule has 1 aromatic carbocycles. The van der Waals surface area contributed by atoms with Gasteiger partial charge in [-0.15, -0.1) is 0 Å². The third kappa shape index (κ3) is 4.79. The third-order valence-electron chi connectivity index (χ3n) is 4.15. The number of Topliss-reactive ketones (excluding diaryl/α,β-unsaturated/α-hetero) is 1. The van der Waals surface area contributed by atoms with E-state index < -0.39 is 0 Å². The van der Waals surface area contributed by atoms with E-state index in [4.69, 9.17) is 9.47 Å². The number of ether oxygens (including phenoxy) is 2. The minimum Gasteiger partial charge on any atom is -0.496 e. The maximum atomic E-state index is 12.4. The molecule has 1 aliphatic rings. The number of benzene rings is 1. The number of hydrogen-bond acceptors (Lipinski definition) is 4. The van der Waals surface area contributed by atoms with Crippen LogP contribution < -0.4 is 10.1 Å². The predicted molar refractivity (Wildman–Crippen MR) is 88.0 cm³/mol. The van der Waals surface area contributed by atoms with Crippen molar-refractivity contribution in [3.63, 3.8) is 0 Å². The van der Waals surface area contributed by atoms with Crippen LogP contribution in [0.2, 0.25) is 0 Å². The van der Waals surface area contributed by atoms with Crippen molar-refractivity contribution >= 4 is 11.7 Å². The van der Waals surface area contributed by atoms with Crippen molar-refractivity contribution < 1.29 is 19.1 Å². The summed E-state index contributed by atoms with van der Waals surface area (Å²) in [7, 11) is 1.61. The number of rotatable bonds is 6. The molecule has 1 atom stereocenters. The van der Waals surface area contributed by atoms with Crippen molar-refractivity contribution in [3.05, 3.63) is 28.8 Å². The maximum absolute atomic E-state index is 12.4. The highest BCUT2D eigenvalue weighted by Gasteiger charge is 2.18. The van der Waals surface area contributed by atoms with Crippen LogP contribution in [0.25, 0.3) is 0 Å². The van der Waals surface area contributed by atoms with E-state index in [0.29, 0.717) is 12.2 Å². The van der Waals surface area contributed by atoms with E-state index in [1.165, 1.54) is 0 Å². The highest BCUT2D eigenvalue weighted by atomic mass is 16.5. The Bertz CT molecular complexity index is 577. The first-order valence-electron chi connectivity index (χ1n) is 8.06. The number of hydrogen-bond donors (Lipinski definition) is 1. The topological polar surface area (TPSA) is 64.6 Å². The Hall–Kier alpha value is -1.88. The van der Waals surface area contributed by atoms with Crippen molar-refractivity contribution in [2.24, 2.45) is 0 Å². The molecular weight excluding hydrogens is 294 g/mol. The number of aryl methyl sites for hydroxylation is 2. The Balaban J connectivity index is 1.89. The Labute approximate surface area is 137 Å². The van der Waals surface area contributed by atoms with Crippen molar-refractivity contribution in [2.75, 3.05) is 20.3 Å². The minimum absolute atomic E-state index is 0.0108. The van der Waals surface area contributed by atoms with Crippen molar-refractivity contribution in [1.29, 1.82) is 0 Å². The molecule has 5 heteroatoms. The minimum atomic E-state index is -0.0864. The fourth-order valence-electron chi connectivity index (χ4n) is 2.83. The van der Waals surface area contributed by atoms with Crippen molar-refractivity contribution in [3.8, 4) is 5.75 Å². The third-order valence-corrected chi connectivity index (χ3v) is 4.15. The summed E-state index contributed by atoms with van der Waals surface area (Å²) < 4.78 is 10.6. The Kier molecular flexibility index (Phi) is 6.16. The monoisotopic (exact) mass is 319 g/mol. The zero-order valence-electron chi connectivity index (χ0n) is 14.1. The SMILES string of the molecule is COc1cc(C)c(C(=O)CCC(=O)N[C@H]2CCCOC2)cc1C. The smallest absolute Gasteiger partial charge is 0.220 e. The number of amides is 1. The standard InChI is InChI=1S/C18H25NO4/c1-12-10-17(22-3)13(2)9-15(12)16(20)6-7-18(21)19-14-5-4-8-23-11-14/h9-10,14H,4-8,11H2,1-3H3,(H,19,21)/t14-/m0/s1. The molecule has 1 aliphatic heterocycles. The summed E-state index contributed by atoms with van der Waals surface area (Å²) >= 11 is 0. The van der Waals surface area contributed by atoms with Gasteiger partial charge in [-0.05, 0) is 49.9 Å². The van der Waals surface area contributed by atoms with E-state index in [9.17, 15) is 9.59 Å². The molecule has 1 amide bonds. The molecule has 0 aliphatic carbocycles. The fraction of sp³-hybridized carbons (Fsp3) is 0.556. The first-order valence-corrected chi connectivity index (χ1v) is 8.06. The maximum Gasteiger partial charge on any atom is 0.220 e. The summed E-state index contributed by atoms with van der Waals surface area (Å²) in [5.41, 5.74) is 2.46. The molecule has 0 saturated carbocycles. The van der Waals surface area contributed by atoms with Gasteiger partial charge in [0.2, 0.25) is 5.91 Å². The van der Waals surface area contributed by atoms with Gasteiger partial charge in [0.15, 0.2) is 5.78 Å². The summed E-state index contributed by atoms with van der Waals surface area (Å²) in [6, 6.07) is 3.78.